The molecule has 0 spiro atoms. The Morgan fingerprint density at radius 2 is 1.64 bits per heavy atom. The van der Waals surface area contributed by atoms with Crippen LogP contribution in [0.4, 0.5) is 15.9 Å². The maximum Gasteiger partial charge on any atom is 0.294 e. The van der Waals surface area contributed by atoms with Crippen LogP contribution in [-0.4, -0.2) is 21.4 Å². The summed E-state index contributed by atoms with van der Waals surface area (Å²) < 4.78 is 14.4. The molecule has 1 heterocycles. The first-order valence-electron chi connectivity index (χ1n) is 10.3. The monoisotopic (exact) mass is 444 g/mol. The fourth-order valence-electron chi connectivity index (χ4n) is 3.49. The van der Waals surface area contributed by atoms with Gasteiger partial charge in [0.2, 0.25) is 17.6 Å². The highest BCUT2D eigenvalue weighted by Crippen LogP contribution is 2.17. The van der Waals surface area contributed by atoms with Gasteiger partial charge >= 0.3 is 0 Å². The fourth-order valence-corrected chi connectivity index (χ4v) is 3.49. The molecule has 0 bridgehead atoms. The van der Waals surface area contributed by atoms with E-state index in [-0.39, 0.29) is 24.8 Å². The van der Waals surface area contributed by atoms with Crippen molar-refractivity contribution in [3.63, 3.8) is 0 Å². The predicted molar refractivity (Wildman–Crippen MR) is 124 cm³/mol. The van der Waals surface area contributed by atoms with Crippen LogP contribution in [0.3, 0.4) is 0 Å². The fraction of sp³-hybridized carbons (Fsp3) is 0.120. The minimum Gasteiger partial charge on any atom is -0.325 e. The molecule has 0 aliphatic carbocycles. The Hall–Kier alpha value is -4.33. The standard InChI is InChI=1S/C25H21FN4O3/c1-17(31)29(15-18-7-3-2-4-8-18)24-25(33)30(22-10-6-5-9-21(22)28-24)16-23(32)27-20-13-11-19(26)12-14-20/h2-14H,15-16H2,1H3,(H,27,32). The third kappa shape index (κ3) is 4.95. The van der Waals surface area contributed by atoms with Crippen molar-refractivity contribution in [3.8, 4) is 0 Å². The van der Waals surface area contributed by atoms with E-state index in [2.05, 4.69) is 10.3 Å². The molecule has 0 saturated carbocycles. The first-order valence-corrected chi connectivity index (χ1v) is 10.3. The number of nitrogens with zero attached hydrogens (tertiary/aromatic N) is 3. The Bertz CT molecular complexity index is 1370. The number of para-hydroxylation sites is 2. The lowest BCUT2D eigenvalue weighted by Gasteiger charge is -2.21. The highest BCUT2D eigenvalue weighted by Gasteiger charge is 2.21. The van der Waals surface area contributed by atoms with E-state index in [1.54, 1.807) is 24.3 Å². The van der Waals surface area contributed by atoms with Crippen LogP contribution in [-0.2, 0) is 22.7 Å². The second-order valence-electron chi connectivity index (χ2n) is 7.46. The molecule has 1 aromatic heterocycles. The summed E-state index contributed by atoms with van der Waals surface area (Å²) in [6.07, 6.45) is 0. The van der Waals surface area contributed by atoms with Gasteiger partial charge < -0.3 is 5.32 Å². The van der Waals surface area contributed by atoms with E-state index in [0.29, 0.717) is 16.7 Å². The van der Waals surface area contributed by atoms with Crippen LogP contribution < -0.4 is 15.8 Å². The second-order valence-corrected chi connectivity index (χ2v) is 7.46. The molecule has 1 N–H and O–H groups in total. The van der Waals surface area contributed by atoms with E-state index < -0.39 is 17.3 Å². The highest BCUT2D eigenvalue weighted by atomic mass is 19.1. The van der Waals surface area contributed by atoms with Crippen molar-refractivity contribution in [2.45, 2.75) is 20.0 Å². The van der Waals surface area contributed by atoms with Gasteiger partial charge in [0.15, 0.2) is 0 Å². The molecule has 0 saturated heterocycles. The van der Waals surface area contributed by atoms with Crippen molar-refractivity contribution < 1.29 is 14.0 Å². The third-order valence-electron chi connectivity index (χ3n) is 5.08. The van der Waals surface area contributed by atoms with Gasteiger partial charge in [-0.1, -0.05) is 42.5 Å². The first kappa shape index (κ1) is 21.9. The van der Waals surface area contributed by atoms with Gasteiger partial charge in [0, 0.05) is 12.6 Å². The Morgan fingerprint density at radius 3 is 2.33 bits per heavy atom. The molecule has 2 amide bonds. The average Bonchev–Trinajstić information content (AvgIpc) is 2.81. The van der Waals surface area contributed by atoms with Crippen LogP contribution >= 0.6 is 0 Å². The number of amides is 2. The van der Waals surface area contributed by atoms with E-state index in [4.69, 9.17) is 0 Å². The number of hydrogen-bond acceptors (Lipinski definition) is 4. The van der Waals surface area contributed by atoms with Crippen molar-refractivity contribution in [2.75, 3.05) is 10.2 Å². The molecule has 33 heavy (non-hydrogen) atoms. The summed E-state index contributed by atoms with van der Waals surface area (Å²) >= 11 is 0. The molecule has 3 aromatic carbocycles. The van der Waals surface area contributed by atoms with Crippen LogP contribution in [0.2, 0.25) is 0 Å². The van der Waals surface area contributed by atoms with Gasteiger partial charge in [0.1, 0.15) is 12.4 Å². The zero-order chi connectivity index (χ0) is 23.4. The predicted octanol–water partition coefficient (Wildman–Crippen LogP) is 3.73. The van der Waals surface area contributed by atoms with Gasteiger partial charge in [0.05, 0.1) is 17.6 Å². The Balaban J connectivity index is 1.73. The second kappa shape index (κ2) is 9.44. The van der Waals surface area contributed by atoms with E-state index in [9.17, 15) is 18.8 Å². The molecule has 0 unspecified atom stereocenters. The SMILES string of the molecule is CC(=O)N(Cc1ccccc1)c1nc2ccccc2n(CC(=O)Nc2ccc(F)cc2)c1=O. The summed E-state index contributed by atoms with van der Waals surface area (Å²) in [5, 5.41) is 2.65. The molecule has 0 atom stereocenters. The molecule has 4 rings (SSSR count). The van der Waals surface area contributed by atoms with Gasteiger partial charge in [-0.3, -0.25) is 23.9 Å². The number of fused-ring (bicyclic) bond motifs is 1. The van der Waals surface area contributed by atoms with Gasteiger partial charge in [-0.2, -0.15) is 0 Å². The van der Waals surface area contributed by atoms with E-state index >= 15 is 0 Å². The number of aromatic nitrogens is 2. The number of benzene rings is 3. The summed E-state index contributed by atoms with van der Waals surface area (Å²) in [5.74, 6) is -1.29. The van der Waals surface area contributed by atoms with Gasteiger partial charge in [0.25, 0.3) is 5.56 Å². The zero-order valence-electron chi connectivity index (χ0n) is 17.9. The Labute approximate surface area is 189 Å². The molecule has 0 aliphatic heterocycles. The lowest BCUT2D eigenvalue weighted by molar-refractivity contribution is -0.117. The normalized spacial score (nSPS) is 10.7. The largest absolute Gasteiger partial charge is 0.325 e. The average molecular weight is 444 g/mol. The van der Waals surface area contributed by atoms with Crippen molar-refractivity contribution in [1.29, 1.82) is 0 Å². The minimum absolute atomic E-state index is 0.0559. The third-order valence-corrected chi connectivity index (χ3v) is 5.08. The number of carbonyl (C=O) groups is 2. The first-order chi connectivity index (χ1) is 15.9. The van der Waals surface area contributed by atoms with Crippen LogP contribution in [0.1, 0.15) is 12.5 Å². The van der Waals surface area contributed by atoms with Gasteiger partial charge in [-0.05, 0) is 42.0 Å². The topological polar surface area (TPSA) is 84.3 Å². The molecular weight excluding hydrogens is 423 g/mol. The number of carbonyl (C=O) groups excluding carboxylic acids is 2. The quantitative estimate of drug-likeness (QED) is 0.491. The Kier molecular flexibility index (Phi) is 6.26. The number of nitrogens with one attached hydrogen (secondary N) is 1. The maximum atomic E-state index is 13.4. The molecule has 166 valence electrons. The van der Waals surface area contributed by atoms with Crippen LogP contribution in [0.25, 0.3) is 11.0 Å². The lowest BCUT2D eigenvalue weighted by Crippen LogP contribution is -2.37. The van der Waals surface area contributed by atoms with Crippen LogP contribution in [0.15, 0.2) is 83.7 Å². The number of rotatable bonds is 6. The van der Waals surface area contributed by atoms with Crippen molar-refractivity contribution >= 4 is 34.4 Å². The smallest absolute Gasteiger partial charge is 0.294 e. The number of halogens is 1. The maximum absolute atomic E-state index is 13.4. The zero-order valence-corrected chi connectivity index (χ0v) is 17.9. The molecule has 0 aliphatic rings. The summed E-state index contributed by atoms with van der Waals surface area (Å²) in [6.45, 7) is 1.23. The summed E-state index contributed by atoms with van der Waals surface area (Å²) in [7, 11) is 0. The minimum atomic E-state index is -0.561. The summed E-state index contributed by atoms with van der Waals surface area (Å²) in [4.78, 5) is 44.4. The number of hydrogen-bond donors (Lipinski definition) is 1. The van der Waals surface area contributed by atoms with E-state index in [1.807, 2.05) is 30.3 Å². The Morgan fingerprint density at radius 1 is 0.970 bits per heavy atom. The lowest BCUT2D eigenvalue weighted by atomic mass is 10.2. The molecular formula is C25H21FN4O3. The van der Waals surface area contributed by atoms with Crippen molar-refractivity contribution in [1.82, 2.24) is 9.55 Å². The van der Waals surface area contributed by atoms with Crippen molar-refractivity contribution in [2.24, 2.45) is 0 Å². The molecule has 7 nitrogen and oxygen atoms in total. The van der Waals surface area contributed by atoms with Gasteiger partial charge in [-0.15, -0.1) is 0 Å². The van der Waals surface area contributed by atoms with Crippen LogP contribution in [0.5, 0.6) is 0 Å². The molecule has 0 radical (unpaired) electrons. The van der Waals surface area contributed by atoms with Crippen LogP contribution in [0, 0.1) is 5.82 Å². The molecule has 0 fully saturated rings. The summed E-state index contributed by atoms with van der Waals surface area (Å²) in [5.41, 5.74) is 1.61. The highest BCUT2D eigenvalue weighted by molar-refractivity contribution is 5.93. The van der Waals surface area contributed by atoms with Crippen molar-refractivity contribution in [3.05, 3.63) is 101 Å². The van der Waals surface area contributed by atoms with E-state index in [1.165, 1.54) is 40.7 Å². The van der Waals surface area contributed by atoms with E-state index in [0.717, 1.165) is 5.56 Å². The molecule has 4 aromatic rings. The number of anilines is 2. The molecule has 8 heteroatoms. The van der Waals surface area contributed by atoms with Gasteiger partial charge in [-0.25, -0.2) is 9.37 Å². The summed E-state index contributed by atoms with van der Waals surface area (Å²) in [6, 6.07) is 21.5.